The molecule has 26 heavy (non-hydrogen) atoms. The summed E-state index contributed by atoms with van der Waals surface area (Å²) in [6.45, 7) is 0. The zero-order valence-electron chi connectivity index (χ0n) is 13.2. The second kappa shape index (κ2) is 7.23. The summed E-state index contributed by atoms with van der Waals surface area (Å²) in [5.74, 6) is -8.37. The first-order chi connectivity index (χ1) is 12.4. The summed E-state index contributed by atoms with van der Waals surface area (Å²) in [7, 11) is 0. The molecule has 0 amide bonds. The molecule has 0 unspecified atom stereocenters. The molecule has 0 atom stereocenters. The van der Waals surface area contributed by atoms with Crippen molar-refractivity contribution in [3.63, 3.8) is 0 Å². The summed E-state index contributed by atoms with van der Waals surface area (Å²) in [6, 6.07) is 11.4. The molecule has 0 aliphatic carbocycles. The van der Waals surface area contributed by atoms with Crippen molar-refractivity contribution < 1.29 is 26.3 Å². The van der Waals surface area contributed by atoms with E-state index in [9.17, 15) is 26.3 Å². The van der Waals surface area contributed by atoms with Crippen molar-refractivity contribution in [2.45, 2.75) is 12.8 Å². The Kier molecular flexibility index (Phi) is 5.02. The molecule has 0 nitrogen and oxygen atoms in total. The van der Waals surface area contributed by atoms with Gasteiger partial charge in [0.25, 0.3) is 0 Å². The topological polar surface area (TPSA) is 0 Å². The van der Waals surface area contributed by atoms with Crippen LogP contribution in [0.5, 0.6) is 0 Å². The van der Waals surface area contributed by atoms with Gasteiger partial charge in [0.05, 0.1) is 0 Å². The van der Waals surface area contributed by atoms with Crippen LogP contribution in [0.3, 0.4) is 0 Å². The Hall–Kier alpha value is -2.76. The van der Waals surface area contributed by atoms with Crippen LogP contribution in [0.25, 0.3) is 0 Å². The van der Waals surface area contributed by atoms with Crippen LogP contribution in [-0.2, 0) is 12.8 Å². The lowest BCUT2D eigenvalue weighted by Crippen LogP contribution is -2.04. The fourth-order valence-corrected chi connectivity index (χ4v) is 2.64. The quantitative estimate of drug-likeness (QED) is 0.423. The summed E-state index contributed by atoms with van der Waals surface area (Å²) in [5, 5.41) is 0. The molecule has 3 rings (SSSR count). The average molecular weight is 365 g/mol. The molecule has 0 aliphatic rings. The lowest BCUT2D eigenvalue weighted by atomic mass is 9.94. The molecule has 133 valence electrons. The van der Waals surface area contributed by atoms with E-state index in [2.05, 4.69) is 6.07 Å². The van der Waals surface area contributed by atoms with Gasteiger partial charge in [-0.2, -0.15) is 0 Å². The van der Waals surface area contributed by atoms with E-state index in [1.807, 2.05) is 0 Å². The molecule has 0 heterocycles. The maximum Gasteiger partial charge on any atom is 0.194 e. The van der Waals surface area contributed by atoms with Crippen LogP contribution in [0, 0.1) is 41.0 Å². The zero-order valence-corrected chi connectivity index (χ0v) is 13.2. The molecule has 6 heteroatoms. The maximum absolute atomic E-state index is 13.9. The maximum atomic E-state index is 13.9. The monoisotopic (exact) mass is 365 g/mol. The number of hydrogen-bond donors (Lipinski definition) is 0. The minimum absolute atomic E-state index is 0.0875. The largest absolute Gasteiger partial charge is 0.204 e. The van der Waals surface area contributed by atoms with E-state index in [1.54, 1.807) is 12.1 Å². The van der Waals surface area contributed by atoms with Crippen LogP contribution >= 0.6 is 0 Å². The molecule has 0 aliphatic heterocycles. The van der Waals surface area contributed by atoms with Crippen LogP contribution in [0.15, 0.2) is 42.5 Å². The van der Waals surface area contributed by atoms with E-state index in [0.717, 1.165) is 24.3 Å². The standard InChI is InChI=1S/C20H11F6/c21-15-7-5-13(17(23)19(15)25)9-11-3-1-2-4-12(11)10-14-6-8-16(22)20(26)18(14)24/h1-3,5-8H,9-10H2. The van der Waals surface area contributed by atoms with Gasteiger partial charge in [-0.1, -0.05) is 30.3 Å². The van der Waals surface area contributed by atoms with Gasteiger partial charge in [0.15, 0.2) is 34.9 Å². The minimum Gasteiger partial charge on any atom is -0.204 e. The number of halogens is 6. The van der Waals surface area contributed by atoms with Gasteiger partial charge in [0, 0.05) is 12.8 Å². The average Bonchev–Trinajstić information content (AvgIpc) is 2.64. The molecular formula is C20H11F6. The molecule has 3 aromatic rings. The van der Waals surface area contributed by atoms with Gasteiger partial charge in [0.2, 0.25) is 0 Å². The van der Waals surface area contributed by atoms with Crippen molar-refractivity contribution in [3.8, 4) is 0 Å². The summed E-state index contributed by atoms with van der Waals surface area (Å²) in [5.41, 5.74) is 0.692. The minimum atomic E-state index is -1.58. The molecule has 0 spiro atoms. The third-order valence-corrected chi connectivity index (χ3v) is 4.02. The molecular weight excluding hydrogens is 354 g/mol. The lowest BCUT2D eigenvalue weighted by molar-refractivity contribution is 0.441. The highest BCUT2D eigenvalue weighted by atomic mass is 19.2. The van der Waals surface area contributed by atoms with Crippen molar-refractivity contribution in [2.24, 2.45) is 0 Å². The zero-order chi connectivity index (χ0) is 18.8. The lowest BCUT2D eigenvalue weighted by Gasteiger charge is -2.11. The van der Waals surface area contributed by atoms with Crippen molar-refractivity contribution in [1.82, 2.24) is 0 Å². The smallest absolute Gasteiger partial charge is 0.194 e. The molecule has 0 bridgehead atoms. The normalized spacial score (nSPS) is 11.0. The van der Waals surface area contributed by atoms with E-state index < -0.39 is 34.9 Å². The van der Waals surface area contributed by atoms with Crippen molar-refractivity contribution in [2.75, 3.05) is 0 Å². The van der Waals surface area contributed by atoms with Crippen LogP contribution in [-0.4, -0.2) is 0 Å². The van der Waals surface area contributed by atoms with Gasteiger partial charge in [-0.05, 0) is 40.5 Å². The highest BCUT2D eigenvalue weighted by Crippen LogP contribution is 2.23. The third-order valence-electron chi connectivity index (χ3n) is 4.02. The van der Waals surface area contributed by atoms with Gasteiger partial charge in [-0.25, -0.2) is 26.3 Å². The van der Waals surface area contributed by atoms with Crippen LogP contribution in [0.4, 0.5) is 26.3 Å². The molecule has 1 radical (unpaired) electrons. The Bertz CT molecular complexity index is 886. The van der Waals surface area contributed by atoms with Gasteiger partial charge in [-0.3, -0.25) is 0 Å². The predicted molar refractivity (Wildman–Crippen MR) is 83.5 cm³/mol. The Morgan fingerprint density at radius 3 is 1.69 bits per heavy atom. The molecule has 3 aromatic carbocycles. The molecule has 0 N–H and O–H groups in total. The van der Waals surface area contributed by atoms with Gasteiger partial charge < -0.3 is 0 Å². The summed E-state index contributed by atoms with van der Waals surface area (Å²) >= 11 is 0. The molecule has 0 aromatic heterocycles. The summed E-state index contributed by atoms with van der Waals surface area (Å²) < 4.78 is 80.7. The van der Waals surface area contributed by atoms with Crippen molar-refractivity contribution in [1.29, 1.82) is 0 Å². The van der Waals surface area contributed by atoms with E-state index in [-0.39, 0.29) is 24.0 Å². The molecule has 0 saturated carbocycles. The van der Waals surface area contributed by atoms with Crippen LogP contribution in [0.1, 0.15) is 22.3 Å². The number of rotatable bonds is 4. The van der Waals surface area contributed by atoms with Gasteiger partial charge >= 0.3 is 0 Å². The Balaban J connectivity index is 1.95. The Morgan fingerprint density at radius 1 is 0.577 bits per heavy atom. The van der Waals surface area contributed by atoms with Crippen molar-refractivity contribution in [3.05, 3.63) is 106 Å². The second-order valence-corrected chi connectivity index (χ2v) is 5.70. The Morgan fingerprint density at radius 2 is 1.12 bits per heavy atom. The fraction of sp³-hybridized carbons (Fsp3) is 0.100. The van der Waals surface area contributed by atoms with Gasteiger partial charge in [0.1, 0.15) is 0 Å². The predicted octanol–water partition coefficient (Wildman–Crippen LogP) is 5.50. The fourth-order valence-electron chi connectivity index (χ4n) is 2.64. The van der Waals surface area contributed by atoms with E-state index >= 15 is 0 Å². The second-order valence-electron chi connectivity index (χ2n) is 5.70. The third kappa shape index (κ3) is 3.45. The first-order valence-electron chi connectivity index (χ1n) is 7.61. The van der Waals surface area contributed by atoms with E-state index in [0.29, 0.717) is 11.1 Å². The molecule has 0 saturated heterocycles. The summed E-state index contributed by atoms with van der Waals surface area (Å²) in [4.78, 5) is 0. The molecule has 0 fully saturated rings. The van der Waals surface area contributed by atoms with E-state index in [1.165, 1.54) is 6.07 Å². The van der Waals surface area contributed by atoms with Crippen LogP contribution < -0.4 is 0 Å². The van der Waals surface area contributed by atoms with Crippen LogP contribution in [0.2, 0.25) is 0 Å². The van der Waals surface area contributed by atoms with Gasteiger partial charge in [-0.15, -0.1) is 0 Å². The SMILES string of the molecule is Fc1ccc(Cc2[c]cccc2Cc2ccc(F)c(F)c2F)c(F)c1F. The number of hydrogen-bond acceptors (Lipinski definition) is 0. The Labute approximate surface area is 145 Å². The van der Waals surface area contributed by atoms with Crippen molar-refractivity contribution >= 4 is 0 Å². The first kappa shape index (κ1) is 18.0. The first-order valence-corrected chi connectivity index (χ1v) is 7.61. The highest BCUT2D eigenvalue weighted by Gasteiger charge is 2.17. The highest BCUT2D eigenvalue weighted by molar-refractivity contribution is 5.37. The van der Waals surface area contributed by atoms with E-state index in [4.69, 9.17) is 0 Å². The number of benzene rings is 3. The summed E-state index contributed by atoms with van der Waals surface area (Å²) in [6.07, 6.45) is -0.217.